The van der Waals surface area contributed by atoms with Gasteiger partial charge in [-0.15, -0.1) is 0 Å². The van der Waals surface area contributed by atoms with Crippen LogP contribution in [0.25, 0.3) is 11.4 Å². The second kappa shape index (κ2) is 9.43. The van der Waals surface area contributed by atoms with Gasteiger partial charge in [0.25, 0.3) is 10.0 Å². The zero-order valence-electron chi connectivity index (χ0n) is 17.7. The van der Waals surface area contributed by atoms with Gasteiger partial charge in [0, 0.05) is 25.0 Å². The van der Waals surface area contributed by atoms with Crippen LogP contribution in [0.4, 0.5) is 5.82 Å². The van der Waals surface area contributed by atoms with Gasteiger partial charge >= 0.3 is 0 Å². The Hall–Kier alpha value is -3.69. The lowest BCUT2D eigenvalue weighted by atomic mass is 10.2. The van der Waals surface area contributed by atoms with E-state index < -0.39 is 10.0 Å². The topological polar surface area (TPSA) is 94.5 Å². The Morgan fingerprint density at radius 2 is 1.52 bits per heavy atom. The molecule has 0 N–H and O–H groups in total. The minimum Gasteiger partial charge on any atom is -0.493 e. The molecule has 0 aliphatic carbocycles. The molecular formula is C23H19ClN4O4S. The van der Waals surface area contributed by atoms with Gasteiger partial charge < -0.3 is 9.47 Å². The highest BCUT2D eigenvalue weighted by Crippen LogP contribution is 2.41. The van der Waals surface area contributed by atoms with Gasteiger partial charge in [-0.05, 0) is 36.4 Å². The zero-order valence-corrected chi connectivity index (χ0v) is 19.3. The Balaban J connectivity index is 1.89. The summed E-state index contributed by atoms with van der Waals surface area (Å²) < 4.78 is 39.1. The molecule has 0 atom stereocenters. The maximum absolute atomic E-state index is 13.4. The van der Waals surface area contributed by atoms with Crippen LogP contribution in [0, 0.1) is 0 Å². The van der Waals surface area contributed by atoms with Crippen LogP contribution in [-0.2, 0) is 10.0 Å². The van der Waals surface area contributed by atoms with E-state index in [0.29, 0.717) is 17.1 Å². The minimum atomic E-state index is -3.98. The van der Waals surface area contributed by atoms with E-state index in [0.717, 1.165) is 4.31 Å². The molecule has 0 fully saturated rings. The summed E-state index contributed by atoms with van der Waals surface area (Å²) >= 11 is 6.52. The van der Waals surface area contributed by atoms with E-state index in [1.54, 1.807) is 67.0 Å². The van der Waals surface area contributed by atoms with Crippen LogP contribution in [0.1, 0.15) is 0 Å². The summed E-state index contributed by atoms with van der Waals surface area (Å²) in [6, 6.07) is 18.3. The second-order valence-corrected chi connectivity index (χ2v) is 9.09. The third-order valence-electron chi connectivity index (χ3n) is 4.73. The monoisotopic (exact) mass is 482 g/mol. The van der Waals surface area contributed by atoms with Crippen molar-refractivity contribution < 1.29 is 17.9 Å². The molecule has 10 heteroatoms. The molecule has 0 aliphatic heterocycles. The summed E-state index contributed by atoms with van der Waals surface area (Å²) in [7, 11) is -1.10. The van der Waals surface area contributed by atoms with Gasteiger partial charge in [0.1, 0.15) is 0 Å². The molecule has 4 rings (SSSR count). The van der Waals surface area contributed by atoms with Gasteiger partial charge in [-0.3, -0.25) is 4.98 Å². The first kappa shape index (κ1) is 22.5. The van der Waals surface area contributed by atoms with Gasteiger partial charge in [0.2, 0.25) is 5.75 Å². The molecule has 0 amide bonds. The molecule has 0 radical (unpaired) electrons. The number of rotatable bonds is 7. The van der Waals surface area contributed by atoms with Crippen molar-refractivity contribution in [2.45, 2.75) is 4.90 Å². The fourth-order valence-corrected chi connectivity index (χ4v) is 4.39. The highest BCUT2D eigenvalue weighted by Gasteiger charge is 2.29. The minimum absolute atomic E-state index is 0.0269. The van der Waals surface area contributed by atoms with E-state index in [9.17, 15) is 8.42 Å². The molecule has 8 nitrogen and oxygen atoms in total. The van der Waals surface area contributed by atoms with Crippen LogP contribution in [-0.4, -0.2) is 37.5 Å². The summed E-state index contributed by atoms with van der Waals surface area (Å²) in [6.45, 7) is 0. The summed E-state index contributed by atoms with van der Waals surface area (Å²) in [4.78, 5) is 12.9. The molecule has 0 bridgehead atoms. The number of ether oxygens (including phenoxy) is 2. The van der Waals surface area contributed by atoms with Gasteiger partial charge in [-0.25, -0.2) is 22.7 Å². The van der Waals surface area contributed by atoms with Gasteiger partial charge in [-0.2, -0.15) is 0 Å². The van der Waals surface area contributed by atoms with Crippen molar-refractivity contribution in [3.05, 3.63) is 84.3 Å². The zero-order chi connectivity index (χ0) is 23.4. The van der Waals surface area contributed by atoms with Crippen molar-refractivity contribution >= 4 is 27.4 Å². The van der Waals surface area contributed by atoms with Crippen molar-refractivity contribution in [2.24, 2.45) is 0 Å². The fraction of sp³-hybridized carbons (Fsp3) is 0.0870. The fourth-order valence-electron chi connectivity index (χ4n) is 3.02. The molecule has 0 saturated carbocycles. The first-order valence-electron chi connectivity index (χ1n) is 9.74. The molecule has 0 saturated heterocycles. The van der Waals surface area contributed by atoms with Crippen LogP contribution in [0.15, 0.2) is 84.0 Å². The summed E-state index contributed by atoms with van der Waals surface area (Å²) in [5.74, 6) is 0.928. The van der Waals surface area contributed by atoms with E-state index in [1.807, 2.05) is 0 Å². The number of methoxy groups -OCH3 is 1. The predicted octanol–water partition coefficient (Wildman–Crippen LogP) is 4.82. The first-order valence-corrected chi connectivity index (χ1v) is 11.6. The summed E-state index contributed by atoms with van der Waals surface area (Å²) in [5, 5.41) is -0.0622. The number of pyridine rings is 1. The summed E-state index contributed by atoms with van der Waals surface area (Å²) in [5.41, 5.74) is 0.613. The second-order valence-electron chi connectivity index (χ2n) is 6.77. The molecule has 168 valence electrons. The average Bonchev–Trinajstić information content (AvgIpc) is 2.86. The Morgan fingerprint density at radius 3 is 2.18 bits per heavy atom. The third kappa shape index (κ3) is 4.59. The molecule has 4 aromatic rings. The summed E-state index contributed by atoms with van der Waals surface area (Å²) in [6.07, 6.45) is 3.16. The molecule has 2 aromatic carbocycles. The van der Waals surface area contributed by atoms with Crippen molar-refractivity contribution in [3.63, 3.8) is 0 Å². The quantitative estimate of drug-likeness (QED) is 0.348. The van der Waals surface area contributed by atoms with Crippen LogP contribution in [0.3, 0.4) is 0 Å². The number of benzene rings is 2. The van der Waals surface area contributed by atoms with E-state index in [1.165, 1.54) is 26.3 Å². The highest BCUT2D eigenvalue weighted by atomic mass is 35.5. The van der Waals surface area contributed by atoms with E-state index in [4.69, 9.17) is 21.1 Å². The SMILES string of the molecule is COc1ccccc1Oc1c(Cl)nc(-c2ccncc2)nc1N(C)S(=O)(=O)c1ccccc1. The Bertz CT molecular complexity index is 1370. The smallest absolute Gasteiger partial charge is 0.265 e. The number of aromatic nitrogens is 3. The van der Waals surface area contributed by atoms with Crippen molar-refractivity contribution in [1.29, 1.82) is 0 Å². The normalized spacial score (nSPS) is 11.1. The molecule has 0 aliphatic rings. The average molecular weight is 483 g/mol. The van der Waals surface area contributed by atoms with Crippen LogP contribution < -0.4 is 13.8 Å². The lowest BCUT2D eigenvalue weighted by Crippen LogP contribution is -2.28. The Labute approximate surface area is 196 Å². The molecule has 2 aromatic heterocycles. The maximum atomic E-state index is 13.4. The Morgan fingerprint density at radius 1 is 0.879 bits per heavy atom. The molecule has 2 heterocycles. The third-order valence-corrected chi connectivity index (χ3v) is 6.74. The van der Waals surface area contributed by atoms with Crippen LogP contribution in [0.5, 0.6) is 17.2 Å². The van der Waals surface area contributed by atoms with E-state index >= 15 is 0 Å². The molecule has 0 unspecified atom stereocenters. The molecular weight excluding hydrogens is 464 g/mol. The number of para-hydroxylation sites is 2. The van der Waals surface area contributed by atoms with Gasteiger partial charge in [0.05, 0.1) is 12.0 Å². The van der Waals surface area contributed by atoms with Crippen molar-refractivity contribution in [3.8, 4) is 28.6 Å². The predicted molar refractivity (Wildman–Crippen MR) is 125 cm³/mol. The standard InChI is InChI=1S/C23H19ClN4O4S/c1-28(33(29,30)17-8-4-3-5-9-17)23-20(32-19-11-7-6-10-18(19)31-2)21(24)26-22(27-23)16-12-14-25-15-13-16/h3-15H,1-2H3. The lowest BCUT2D eigenvalue weighted by Gasteiger charge is -2.22. The number of hydrogen-bond donors (Lipinski definition) is 0. The van der Waals surface area contributed by atoms with Gasteiger partial charge in [-0.1, -0.05) is 41.9 Å². The van der Waals surface area contributed by atoms with E-state index in [2.05, 4.69) is 15.0 Å². The van der Waals surface area contributed by atoms with Gasteiger partial charge in [0.15, 0.2) is 28.3 Å². The Kier molecular flexibility index (Phi) is 6.43. The van der Waals surface area contributed by atoms with Crippen LogP contribution >= 0.6 is 11.6 Å². The largest absolute Gasteiger partial charge is 0.493 e. The van der Waals surface area contributed by atoms with E-state index in [-0.39, 0.29) is 27.4 Å². The van der Waals surface area contributed by atoms with Crippen molar-refractivity contribution in [2.75, 3.05) is 18.5 Å². The number of nitrogens with zero attached hydrogens (tertiary/aromatic N) is 4. The van der Waals surface area contributed by atoms with Crippen LogP contribution in [0.2, 0.25) is 5.15 Å². The number of anilines is 1. The number of hydrogen-bond acceptors (Lipinski definition) is 7. The first-order chi connectivity index (χ1) is 15.9. The van der Waals surface area contributed by atoms with Crippen molar-refractivity contribution in [1.82, 2.24) is 15.0 Å². The lowest BCUT2D eigenvalue weighted by molar-refractivity contribution is 0.378. The maximum Gasteiger partial charge on any atom is 0.265 e. The number of sulfonamides is 1. The number of halogens is 1. The highest BCUT2D eigenvalue weighted by molar-refractivity contribution is 7.92. The molecule has 33 heavy (non-hydrogen) atoms. The molecule has 0 spiro atoms.